The molecule has 0 fully saturated rings. The zero-order valence-electron chi connectivity index (χ0n) is 17.0. The Labute approximate surface area is 187 Å². The van der Waals surface area contributed by atoms with Crippen molar-refractivity contribution < 1.29 is 28.8 Å². The molecule has 32 heavy (non-hydrogen) atoms. The lowest BCUT2D eigenvalue weighted by Crippen LogP contribution is -2.31. The van der Waals surface area contributed by atoms with Crippen LogP contribution in [0.1, 0.15) is 27.0 Å². The number of rotatable bonds is 6. The van der Waals surface area contributed by atoms with Gasteiger partial charge in [0.15, 0.2) is 29.5 Å². The van der Waals surface area contributed by atoms with Gasteiger partial charge in [-0.2, -0.15) is 0 Å². The first-order chi connectivity index (χ1) is 15.6. The molecule has 1 unspecified atom stereocenters. The summed E-state index contributed by atoms with van der Waals surface area (Å²) >= 11 is 1.39. The number of ketones is 1. The highest BCUT2D eigenvalue weighted by Gasteiger charge is 2.41. The summed E-state index contributed by atoms with van der Waals surface area (Å²) in [6, 6.07) is 13.4. The molecule has 8 heteroatoms. The van der Waals surface area contributed by atoms with E-state index in [-0.39, 0.29) is 17.9 Å². The summed E-state index contributed by atoms with van der Waals surface area (Å²) in [5.74, 6) is -1.62. The van der Waals surface area contributed by atoms with Crippen LogP contribution in [-0.4, -0.2) is 23.7 Å². The molecule has 1 atom stereocenters. The van der Waals surface area contributed by atoms with Crippen molar-refractivity contribution in [3.05, 3.63) is 93.8 Å². The lowest BCUT2D eigenvalue weighted by atomic mass is 10.00. The van der Waals surface area contributed by atoms with E-state index in [1.54, 1.807) is 36.7 Å². The van der Waals surface area contributed by atoms with Crippen LogP contribution in [0.5, 0.6) is 5.75 Å². The van der Waals surface area contributed by atoms with E-state index in [2.05, 4.69) is 4.98 Å². The number of nitrogens with zero attached hydrogens (tertiary/aromatic N) is 1. The predicted molar refractivity (Wildman–Crippen MR) is 115 cm³/mol. The number of hydrogen-bond donors (Lipinski definition) is 0. The zero-order valence-corrected chi connectivity index (χ0v) is 17.8. The molecule has 1 aliphatic rings. The number of hydrogen-bond acceptors (Lipinski definition) is 6. The molecule has 4 aromatic rings. The summed E-state index contributed by atoms with van der Waals surface area (Å²) in [7, 11) is 1.51. The van der Waals surface area contributed by atoms with Gasteiger partial charge in [-0.15, -0.1) is 11.3 Å². The van der Waals surface area contributed by atoms with Crippen LogP contribution >= 0.6 is 11.3 Å². The maximum Gasteiger partial charge on any atom is 0.240 e. The summed E-state index contributed by atoms with van der Waals surface area (Å²) in [5.41, 5.74) is 1.13. The molecule has 1 amide bonds. The van der Waals surface area contributed by atoms with Gasteiger partial charge < -0.3 is 19.2 Å². The van der Waals surface area contributed by atoms with Crippen LogP contribution in [0.2, 0.25) is 0 Å². The maximum atomic E-state index is 13.5. The predicted octanol–water partition coefficient (Wildman–Crippen LogP) is 2.90. The van der Waals surface area contributed by atoms with Crippen LogP contribution in [0.3, 0.4) is 0 Å². The van der Waals surface area contributed by atoms with Gasteiger partial charge in [0, 0.05) is 27.5 Å². The zero-order chi connectivity index (χ0) is 22.2. The van der Waals surface area contributed by atoms with Crippen LogP contribution in [-0.2, 0) is 11.3 Å². The van der Waals surface area contributed by atoms with E-state index in [9.17, 15) is 14.7 Å². The van der Waals surface area contributed by atoms with E-state index < -0.39 is 23.5 Å². The number of methoxy groups -OCH3 is 1. The number of carbonyl (C=O) groups excluding carboxylic acids is 2. The van der Waals surface area contributed by atoms with Crippen LogP contribution < -0.4 is 14.8 Å². The van der Waals surface area contributed by atoms with E-state index >= 15 is 0 Å². The Bertz CT molecular complexity index is 1340. The minimum atomic E-state index is -0.805. The molecule has 0 radical (unpaired) electrons. The maximum absolute atomic E-state index is 13.5. The number of para-hydroxylation sites is 1. The number of carbonyl (C=O) groups is 2. The lowest BCUT2D eigenvalue weighted by Gasteiger charge is -2.26. The fraction of sp³-hybridized carbons (Fsp3) is 0.125. The summed E-state index contributed by atoms with van der Waals surface area (Å²) in [6.45, 7) is 0.190. The molecule has 7 nitrogen and oxygen atoms in total. The van der Waals surface area contributed by atoms with Gasteiger partial charge in [0.05, 0.1) is 19.7 Å². The number of aromatic amines is 1. The molecular weight excluding hydrogens is 428 g/mol. The molecule has 0 spiro atoms. The van der Waals surface area contributed by atoms with Gasteiger partial charge in [-0.1, -0.05) is 18.2 Å². The molecule has 1 aromatic carbocycles. The lowest BCUT2D eigenvalue weighted by molar-refractivity contribution is -0.378. The topological polar surface area (TPSA) is 97.0 Å². The quantitative estimate of drug-likeness (QED) is 0.424. The third-order valence-electron chi connectivity index (χ3n) is 5.42. The number of H-pyrrole nitrogens is 1. The summed E-state index contributed by atoms with van der Waals surface area (Å²) in [6.07, 6.45) is 3.52. The Kier molecular flexibility index (Phi) is 4.99. The van der Waals surface area contributed by atoms with E-state index in [0.717, 1.165) is 10.4 Å². The molecule has 0 saturated heterocycles. The fourth-order valence-corrected chi connectivity index (χ4v) is 4.79. The highest BCUT2D eigenvalue weighted by molar-refractivity contribution is 7.10. The number of Topliss-reactive ketones (excluding diaryl/α,β-unsaturated/α-hetero) is 1. The highest BCUT2D eigenvalue weighted by atomic mass is 32.1. The van der Waals surface area contributed by atoms with Crippen molar-refractivity contribution in [3.63, 3.8) is 0 Å². The molecule has 5 rings (SSSR count). The average Bonchev–Trinajstić information content (AvgIpc) is 3.54. The van der Waals surface area contributed by atoms with Crippen molar-refractivity contribution in [1.29, 1.82) is 0 Å². The molecule has 0 aliphatic carbocycles. The number of thiophene rings is 1. The Balaban J connectivity index is 1.58. The largest absolute Gasteiger partial charge is 0.868 e. The van der Waals surface area contributed by atoms with Gasteiger partial charge in [0.25, 0.3) is 0 Å². The standard InChI is InChI=1S/C24H18N2O5S/c1-30-16-7-2-6-15-11-17(31-23(15)16)21(27)19-20(18-8-4-10-32-18)26(24(29)22(19)28)13-14-5-3-9-25-12-14/h2-12,20,28H,13H2,1H3. The van der Waals surface area contributed by atoms with Crippen LogP contribution in [0, 0.1) is 0 Å². The molecule has 3 aromatic heterocycles. The van der Waals surface area contributed by atoms with Crippen molar-refractivity contribution in [1.82, 2.24) is 4.90 Å². The third kappa shape index (κ3) is 3.25. The van der Waals surface area contributed by atoms with Crippen LogP contribution in [0.4, 0.5) is 0 Å². The Morgan fingerprint density at radius 3 is 2.84 bits per heavy atom. The number of ether oxygens (including phenoxy) is 1. The summed E-state index contributed by atoms with van der Waals surface area (Å²) in [5, 5.41) is 15.6. The first-order valence-corrected chi connectivity index (χ1v) is 10.8. The fourth-order valence-electron chi connectivity index (χ4n) is 3.94. The Hall–Kier alpha value is -3.91. The SMILES string of the molecule is COc1cccc2cc(C(=O)C3=C([O-])C(=O)N(Cc4ccc[nH+]c4)C3c3cccs3)oc12. The number of fused-ring (bicyclic) bond motifs is 1. The number of amides is 1. The van der Waals surface area contributed by atoms with Crippen molar-refractivity contribution in [2.75, 3.05) is 7.11 Å². The molecule has 0 saturated carbocycles. The molecule has 1 aliphatic heterocycles. The smallest absolute Gasteiger partial charge is 0.240 e. The van der Waals surface area contributed by atoms with E-state index in [0.29, 0.717) is 16.7 Å². The molecule has 4 heterocycles. The van der Waals surface area contributed by atoms with Crippen LogP contribution in [0.25, 0.3) is 11.0 Å². The van der Waals surface area contributed by atoms with Gasteiger partial charge in [-0.25, -0.2) is 4.98 Å². The molecule has 1 N–H and O–H groups in total. The number of nitrogens with one attached hydrogen (secondary N) is 1. The minimum absolute atomic E-state index is 0.00268. The molecular formula is C24H18N2O5S. The second-order valence-corrected chi connectivity index (χ2v) is 8.30. The summed E-state index contributed by atoms with van der Waals surface area (Å²) < 4.78 is 11.1. The minimum Gasteiger partial charge on any atom is -0.868 e. The van der Waals surface area contributed by atoms with E-state index in [4.69, 9.17) is 9.15 Å². The van der Waals surface area contributed by atoms with Gasteiger partial charge in [-0.3, -0.25) is 9.59 Å². The number of pyridine rings is 1. The number of benzene rings is 1. The van der Waals surface area contributed by atoms with Crippen molar-refractivity contribution in [2.24, 2.45) is 0 Å². The molecule has 0 bridgehead atoms. The van der Waals surface area contributed by atoms with Crippen molar-refractivity contribution in [2.45, 2.75) is 12.6 Å². The average molecular weight is 446 g/mol. The van der Waals surface area contributed by atoms with Gasteiger partial charge in [0.1, 0.15) is 0 Å². The first kappa shape index (κ1) is 20.0. The van der Waals surface area contributed by atoms with Gasteiger partial charge in [-0.05, 0) is 35.4 Å². The summed E-state index contributed by atoms with van der Waals surface area (Å²) in [4.78, 5) is 31.6. The van der Waals surface area contributed by atoms with Crippen LogP contribution in [0.15, 0.2) is 82.1 Å². The second-order valence-electron chi connectivity index (χ2n) is 7.32. The number of furan rings is 1. The van der Waals surface area contributed by atoms with E-state index in [1.807, 2.05) is 29.6 Å². The van der Waals surface area contributed by atoms with Gasteiger partial charge in [0.2, 0.25) is 11.7 Å². The van der Waals surface area contributed by atoms with Gasteiger partial charge >= 0.3 is 0 Å². The molecule has 160 valence electrons. The Morgan fingerprint density at radius 1 is 1.25 bits per heavy atom. The first-order valence-electron chi connectivity index (χ1n) is 9.90. The monoisotopic (exact) mass is 446 g/mol. The van der Waals surface area contributed by atoms with Crippen molar-refractivity contribution >= 4 is 34.0 Å². The third-order valence-corrected chi connectivity index (χ3v) is 6.34. The van der Waals surface area contributed by atoms with Crippen molar-refractivity contribution in [3.8, 4) is 5.75 Å². The Morgan fingerprint density at radius 2 is 2.12 bits per heavy atom. The second kappa shape index (κ2) is 7.97. The number of aromatic nitrogens is 1. The normalized spacial score (nSPS) is 16.2. The highest BCUT2D eigenvalue weighted by Crippen LogP contribution is 2.41. The van der Waals surface area contributed by atoms with E-state index in [1.165, 1.54) is 23.3 Å².